The molecule has 0 aliphatic heterocycles. The Morgan fingerprint density at radius 1 is 1.12 bits per heavy atom. The number of nitrogens with zero attached hydrogens (tertiary/aromatic N) is 1. The minimum absolute atomic E-state index is 0.0888. The van der Waals surface area contributed by atoms with Crippen molar-refractivity contribution in [2.75, 3.05) is 0 Å². The van der Waals surface area contributed by atoms with Gasteiger partial charge in [0, 0.05) is 24.6 Å². The Kier molecular flexibility index (Phi) is 5.28. The van der Waals surface area contributed by atoms with E-state index in [4.69, 9.17) is 0 Å². The van der Waals surface area contributed by atoms with E-state index in [2.05, 4.69) is 5.32 Å². The summed E-state index contributed by atoms with van der Waals surface area (Å²) >= 11 is 0. The Balaban J connectivity index is 1.68. The van der Waals surface area contributed by atoms with E-state index >= 15 is 0 Å². The van der Waals surface area contributed by atoms with Gasteiger partial charge in [0.2, 0.25) is 0 Å². The van der Waals surface area contributed by atoms with Gasteiger partial charge in [0.05, 0.1) is 16.8 Å². The zero-order valence-electron chi connectivity index (χ0n) is 16.8. The Hall–Kier alpha value is -3.62. The summed E-state index contributed by atoms with van der Waals surface area (Å²) in [5, 5.41) is 13.0. The highest BCUT2D eigenvalue weighted by atomic mass is 19.4. The quantitative estimate of drug-likeness (QED) is 0.590. The lowest BCUT2D eigenvalue weighted by Crippen LogP contribution is -2.29. The molecule has 2 aromatic carbocycles. The second-order valence-electron chi connectivity index (χ2n) is 7.72. The van der Waals surface area contributed by atoms with Gasteiger partial charge in [-0.2, -0.15) is 13.2 Å². The van der Waals surface area contributed by atoms with Gasteiger partial charge in [-0.3, -0.25) is 9.59 Å². The van der Waals surface area contributed by atoms with Gasteiger partial charge >= 0.3 is 6.18 Å². The number of alkyl halides is 3. The van der Waals surface area contributed by atoms with E-state index in [-0.39, 0.29) is 28.8 Å². The maximum Gasteiger partial charge on any atom is 0.416 e. The van der Waals surface area contributed by atoms with Crippen LogP contribution in [0.1, 0.15) is 33.8 Å². The molecule has 9 heteroatoms. The first kappa shape index (κ1) is 21.6. The SMILES string of the molecule is Cn1c(-c2cc(F)cc(C(F)(F)F)c2)cc(C(=O)N[C@H]2C[C@@H]2c2ccccc2)c(O)c1=O. The topological polar surface area (TPSA) is 71.3 Å². The third-order valence-electron chi connectivity index (χ3n) is 5.50. The zero-order valence-corrected chi connectivity index (χ0v) is 16.8. The van der Waals surface area contributed by atoms with Gasteiger partial charge < -0.3 is 15.0 Å². The van der Waals surface area contributed by atoms with E-state index in [0.29, 0.717) is 18.6 Å². The molecule has 0 radical (unpaired) electrons. The van der Waals surface area contributed by atoms with Gasteiger partial charge in [-0.05, 0) is 36.2 Å². The third-order valence-corrected chi connectivity index (χ3v) is 5.50. The van der Waals surface area contributed by atoms with Crippen LogP contribution in [-0.4, -0.2) is 21.6 Å². The molecule has 0 unspecified atom stereocenters. The summed E-state index contributed by atoms with van der Waals surface area (Å²) in [6, 6.07) is 12.2. The lowest BCUT2D eigenvalue weighted by Gasteiger charge is -2.15. The van der Waals surface area contributed by atoms with Crippen molar-refractivity contribution >= 4 is 5.91 Å². The Labute approximate surface area is 179 Å². The Morgan fingerprint density at radius 3 is 2.47 bits per heavy atom. The summed E-state index contributed by atoms with van der Waals surface area (Å²) in [4.78, 5) is 25.2. The molecule has 0 spiro atoms. The van der Waals surface area contributed by atoms with E-state index in [0.717, 1.165) is 22.3 Å². The van der Waals surface area contributed by atoms with Crippen molar-refractivity contribution in [1.82, 2.24) is 9.88 Å². The normalized spacial score (nSPS) is 17.8. The second kappa shape index (κ2) is 7.81. The number of aromatic nitrogens is 1. The number of hydrogen-bond acceptors (Lipinski definition) is 3. The summed E-state index contributed by atoms with van der Waals surface area (Å²) in [6.45, 7) is 0. The molecule has 166 valence electrons. The van der Waals surface area contributed by atoms with Crippen molar-refractivity contribution in [2.45, 2.75) is 24.6 Å². The van der Waals surface area contributed by atoms with Crippen LogP contribution in [0, 0.1) is 5.82 Å². The minimum Gasteiger partial charge on any atom is -0.502 e. The van der Waals surface area contributed by atoms with E-state index in [9.17, 15) is 32.3 Å². The van der Waals surface area contributed by atoms with Crippen LogP contribution in [0.15, 0.2) is 59.4 Å². The lowest BCUT2D eigenvalue weighted by molar-refractivity contribution is -0.137. The number of carbonyl (C=O) groups excluding carboxylic acids is 1. The molecule has 5 nitrogen and oxygen atoms in total. The third kappa shape index (κ3) is 4.10. The molecule has 1 fully saturated rings. The highest BCUT2D eigenvalue weighted by molar-refractivity contribution is 5.98. The molecule has 4 rings (SSSR count). The molecular weight excluding hydrogens is 428 g/mol. The molecular formula is C23H18F4N2O3. The lowest BCUT2D eigenvalue weighted by atomic mass is 10.0. The molecule has 1 aromatic heterocycles. The Bertz CT molecular complexity index is 1250. The number of hydrogen-bond donors (Lipinski definition) is 2. The van der Waals surface area contributed by atoms with E-state index in [1.54, 1.807) is 0 Å². The van der Waals surface area contributed by atoms with Gasteiger partial charge in [0.1, 0.15) is 5.82 Å². The monoisotopic (exact) mass is 446 g/mol. The van der Waals surface area contributed by atoms with Crippen molar-refractivity contribution in [3.8, 4) is 17.0 Å². The smallest absolute Gasteiger partial charge is 0.416 e. The number of aromatic hydroxyl groups is 1. The van der Waals surface area contributed by atoms with Crippen LogP contribution in [0.25, 0.3) is 11.3 Å². The molecule has 1 saturated carbocycles. The van der Waals surface area contributed by atoms with Gasteiger partial charge in [0.25, 0.3) is 11.5 Å². The number of halogens is 4. The predicted molar refractivity (Wildman–Crippen MR) is 109 cm³/mol. The number of nitrogens with one attached hydrogen (secondary N) is 1. The summed E-state index contributed by atoms with van der Waals surface area (Å²) in [7, 11) is 1.21. The highest BCUT2D eigenvalue weighted by Gasteiger charge is 2.40. The fraction of sp³-hybridized carbons (Fsp3) is 0.217. The van der Waals surface area contributed by atoms with Crippen molar-refractivity contribution in [3.63, 3.8) is 0 Å². The minimum atomic E-state index is -4.80. The van der Waals surface area contributed by atoms with Crippen LogP contribution in [0.2, 0.25) is 0 Å². The fourth-order valence-corrected chi connectivity index (χ4v) is 3.71. The summed E-state index contributed by atoms with van der Waals surface area (Å²) in [6.07, 6.45) is -4.13. The van der Waals surface area contributed by atoms with Gasteiger partial charge in [-0.1, -0.05) is 30.3 Å². The first-order valence-corrected chi connectivity index (χ1v) is 9.73. The van der Waals surface area contributed by atoms with Crippen molar-refractivity contribution < 1.29 is 27.5 Å². The fourth-order valence-electron chi connectivity index (χ4n) is 3.71. The second-order valence-corrected chi connectivity index (χ2v) is 7.72. The number of benzene rings is 2. The molecule has 32 heavy (non-hydrogen) atoms. The van der Waals surface area contributed by atoms with Gasteiger partial charge in [-0.15, -0.1) is 0 Å². The standard InChI is InChI=1S/C23H18F4N2O3/c1-29-19(13-7-14(23(25,26)27)9-15(24)8-13)11-17(20(30)22(29)32)21(31)28-18-10-16(18)12-5-3-2-4-6-12/h2-9,11,16,18,30H,10H2,1H3,(H,28,31)/t16-,18+/m1/s1. The highest BCUT2D eigenvalue weighted by Crippen LogP contribution is 2.41. The molecule has 1 amide bonds. The molecule has 1 aliphatic rings. The largest absolute Gasteiger partial charge is 0.502 e. The molecule has 0 bridgehead atoms. The van der Waals surface area contributed by atoms with E-state index in [1.165, 1.54) is 7.05 Å². The predicted octanol–water partition coefficient (Wildman–Crippen LogP) is 4.20. The summed E-state index contributed by atoms with van der Waals surface area (Å²) in [5.41, 5.74) is -1.97. The number of amides is 1. The first-order valence-electron chi connectivity index (χ1n) is 9.73. The summed E-state index contributed by atoms with van der Waals surface area (Å²) < 4.78 is 54.1. The first-order chi connectivity index (χ1) is 15.1. The van der Waals surface area contributed by atoms with Crippen molar-refractivity contribution in [3.05, 3.63) is 87.5 Å². The number of rotatable bonds is 4. The maximum absolute atomic E-state index is 13.9. The van der Waals surface area contributed by atoms with Crippen molar-refractivity contribution in [1.29, 1.82) is 0 Å². The molecule has 2 atom stereocenters. The molecule has 0 saturated heterocycles. The molecule has 2 N–H and O–H groups in total. The van der Waals surface area contributed by atoms with Crippen LogP contribution >= 0.6 is 0 Å². The maximum atomic E-state index is 13.9. The molecule has 1 aliphatic carbocycles. The van der Waals surface area contributed by atoms with Crippen LogP contribution < -0.4 is 10.9 Å². The molecule has 3 aromatic rings. The van der Waals surface area contributed by atoms with Crippen LogP contribution in [0.5, 0.6) is 5.75 Å². The van der Waals surface area contributed by atoms with Crippen LogP contribution in [-0.2, 0) is 13.2 Å². The van der Waals surface area contributed by atoms with Crippen molar-refractivity contribution in [2.24, 2.45) is 7.05 Å². The average Bonchev–Trinajstić information content (AvgIpc) is 3.50. The van der Waals surface area contributed by atoms with Crippen LogP contribution in [0.4, 0.5) is 17.6 Å². The Morgan fingerprint density at radius 2 is 1.81 bits per heavy atom. The zero-order chi connectivity index (χ0) is 23.2. The van der Waals surface area contributed by atoms with E-state index < -0.39 is 34.8 Å². The number of pyridine rings is 1. The number of carbonyl (C=O) groups is 1. The van der Waals surface area contributed by atoms with Crippen LogP contribution in [0.3, 0.4) is 0 Å². The van der Waals surface area contributed by atoms with Gasteiger partial charge in [0.15, 0.2) is 5.75 Å². The van der Waals surface area contributed by atoms with E-state index in [1.807, 2.05) is 30.3 Å². The molecule has 1 heterocycles. The van der Waals surface area contributed by atoms with Gasteiger partial charge in [-0.25, -0.2) is 4.39 Å². The summed E-state index contributed by atoms with van der Waals surface area (Å²) in [5.74, 6) is -2.63. The average molecular weight is 446 g/mol.